The molecule has 0 aromatic rings. The SMILES string of the molecule is CC1CC(N2CC(=O)NC(C(C)(C)C)C2=O)C1. The van der Waals surface area contributed by atoms with Crippen molar-refractivity contribution in [3.63, 3.8) is 0 Å². The largest absolute Gasteiger partial charge is 0.342 e. The second-order valence-electron chi connectivity index (χ2n) is 6.56. The number of nitrogens with zero attached hydrogens (tertiary/aromatic N) is 1. The van der Waals surface area contributed by atoms with E-state index >= 15 is 0 Å². The average Bonchev–Trinajstić information content (AvgIpc) is 2.15. The summed E-state index contributed by atoms with van der Waals surface area (Å²) >= 11 is 0. The van der Waals surface area contributed by atoms with Crippen LogP contribution in [0.2, 0.25) is 0 Å². The second-order valence-corrected chi connectivity index (χ2v) is 6.56. The fraction of sp³-hybridized carbons (Fsp3) is 0.846. The van der Waals surface area contributed by atoms with Crippen molar-refractivity contribution >= 4 is 11.8 Å². The normalized spacial score (nSPS) is 34.4. The third kappa shape index (κ3) is 2.31. The van der Waals surface area contributed by atoms with E-state index in [1.165, 1.54) is 0 Å². The van der Waals surface area contributed by atoms with Gasteiger partial charge in [-0.25, -0.2) is 0 Å². The molecule has 0 aromatic carbocycles. The summed E-state index contributed by atoms with van der Waals surface area (Å²) in [7, 11) is 0. The van der Waals surface area contributed by atoms with Gasteiger partial charge in [-0.1, -0.05) is 27.7 Å². The molecule has 2 amide bonds. The summed E-state index contributed by atoms with van der Waals surface area (Å²) in [6, 6.07) is -0.0898. The van der Waals surface area contributed by atoms with Crippen molar-refractivity contribution < 1.29 is 9.59 Å². The standard InChI is InChI=1S/C13H22N2O2/c1-8-5-9(6-8)15-7-10(16)14-11(12(15)17)13(2,3)4/h8-9,11H,5-7H2,1-4H3,(H,14,16). The molecule has 1 saturated heterocycles. The van der Waals surface area contributed by atoms with Crippen molar-refractivity contribution in [1.29, 1.82) is 0 Å². The minimum atomic E-state index is -0.375. The van der Waals surface area contributed by atoms with E-state index in [4.69, 9.17) is 0 Å². The molecule has 2 fully saturated rings. The molecule has 4 heteroatoms. The number of amides is 2. The van der Waals surface area contributed by atoms with Crippen molar-refractivity contribution in [3.8, 4) is 0 Å². The van der Waals surface area contributed by atoms with Crippen molar-refractivity contribution in [2.24, 2.45) is 11.3 Å². The first-order valence-corrected chi connectivity index (χ1v) is 6.39. The van der Waals surface area contributed by atoms with Crippen LogP contribution in [-0.4, -0.2) is 35.3 Å². The highest BCUT2D eigenvalue weighted by molar-refractivity contribution is 5.95. The Balaban J connectivity index is 2.12. The number of rotatable bonds is 1. The van der Waals surface area contributed by atoms with Gasteiger partial charge in [-0.3, -0.25) is 9.59 Å². The first-order chi connectivity index (χ1) is 7.79. The maximum atomic E-state index is 12.4. The highest BCUT2D eigenvalue weighted by Gasteiger charge is 2.44. The highest BCUT2D eigenvalue weighted by Crippen LogP contribution is 2.33. The van der Waals surface area contributed by atoms with Gasteiger partial charge < -0.3 is 10.2 Å². The van der Waals surface area contributed by atoms with E-state index in [0.29, 0.717) is 5.92 Å². The lowest BCUT2D eigenvalue weighted by atomic mass is 9.78. The molecule has 1 atom stereocenters. The van der Waals surface area contributed by atoms with Crippen LogP contribution >= 0.6 is 0 Å². The molecular weight excluding hydrogens is 216 g/mol. The number of piperazine rings is 1. The summed E-state index contributed by atoms with van der Waals surface area (Å²) in [5.74, 6) is 0.754. The molecule has 0 bridgehead atoms. The third-order valence-electron chi connectivity index (χ3n) is 3.80. The summed E-state index contributed by atoms with van der Waals surface area (Å²) in [6.45, 7) is 8.39. The number of nitrogens with one attached hydrogen (secondary N) is 1. The number of carbonyl (C=O) groups is 2. The first kappa shape index (κ1) is 12.4. The van der Waals surface area contributed by atoms with E-state index in [0.717, 1.165) is 12.8 Å². The first-order valence-electron chi connectivity index (χ1n) is 6.39. The second kappa shape index (κ2) is 4.00. The van der Waals surface area contributed by atoms with E-state index in [9.17, 15) is 9.59 Å². The Bertz CT molecular complexity index is 340. The Kier molecular flexibility index (Phi) is 2.92. The average molecular weight is 238 g/mol. The predicted octanol–water partition coefficient (Wildman–Crippen LogP) is 1.16. The number of carbonyl (C=O) groups excluding carboxylic acids is 2. The summed E-state index contributed by atoms with van der Waals surface area (Å²) in [5.41, 5.74) is -0.221. The summed E-state index contributed by atoms with van der Waals surface area (Å²) < 4.78 is 0. The topological polar surface area (TPSA) is 49.4 Å². The lowest BCUT2D eigenvalue weighted by Gasteiger charge is -2.47. The van der Waals surface area contributed by atoms with Crippen LogP contribution in [0.4, 0.5) is 0 Å². The molecule has 1 aliphatic heterocycles. The minimum absolute atomic E-state index is 0.0240. The molecule has 1 unspecified atom stereocenters. The van der Waals surface area contributed by atoms with Crippen molar-refractivity contribution in [3.05, 3.63) is 0 Å². The van der Waals surface area contributed by atoms with Crippen LogP contribution < -0.4 is 5.32 Å². The molecule has 0 aromatic heterocycles. The van der Waals surface area contributed by atoms with Gasteiger partial charge in [0, 0.05) is 6.04 Å². The fourth-order valence-corrected chi connectivity index (χ4v) is 2.68. The Morgan fingerprint density at radius 3 is 2.29 bits per heavy atom. The van der Waals surface area contributed by atoms with Crippen LogP contribution in [0.1, 0.15) is 40.5 Å². The molecule has 1 heterocycles. The van der Waals surface area contributed by atoms with Gasteiger partial charge in [0.15, 0.2) is 0 Å². The van der Waals surface area contributed by atoms with Gasteiger partial charge in [-0.15, -0.1) is 0 Å². The molecular formula is C13H22N2O2. The summed E-state index contributed by atoms with van der Waals surface area (Å²) in [5, 5.41) is 2.82. The molecule has 2 aliphatic rings. The lowest BCUT2D eigenvalue weighted by molar-refractivity contribution is -0.152. The smallest absolute Gasteiger partial charge is 0.246 e. The predicted molar refractivity (Wildman–Crippen MR) is 65.3 cm³/mol. The quantitative estimate of drug-likeness (QED) is 0.745. The van der Waals surface area contributed by atoms with Crippen molar-refractivity contribution in [2.45, 2.75) is 52.6 Å². The molecule has 17 heavy (non-hydrogen) atoms. The van der Waals surface area contributed by atoms with Crippen LogP contribution in [-0.2, 0) is 9.59 Å². The molecule has 96 valence electrons. The van der Waals surface area contributed by atoms with E-state index < -0.39 is 0 Å². The molecule has 2 rings (SSSR count). The van der Waals surface area contributed by atoms with Crippen molar-refractivity contribution in [2.75, 3.05) is 6.54 Å². The molecule has 1 saturated carbocycles. The van der Waals surface area contributed by atoms with Gasteiger partial charge in [0.1, 0.15) is 6.04 Å². The zero-order valence-electron chi connectivity index (χ0n) is 11.1. The molecule has 0 radical (unpaired) electrons. The maximum absolute atomic E-state index is 12.4. The zero-order chi connectivity index (χ0) is 12.8. The molecule has 0 spiro atoms. The molecule has 1 aliphatic carbocycles. The summed E-state index contributed by atoms with van der Waals surface area (Å²) in [4.78, 5) is 25.9. The van der Waals surface area contributed by atoms with Crippen LogP contribution in [0.3, 0.4) is 0 Å². The van der Waals surface area contributed by atoms with Gasteiger partial charge in [0.25, 0.3) is 0 Å². The number of hydrogen-bond acceptors (Lipinski definition) is 2. The Labute approximate surface area is 103 Å². The van der Waals surface area contributed by atoms with Crippen LogP contribution in [0.25, 0.3) is 0 Å². The zero-order valence-corrected chi connectivity index (χ0v) is 11.1. The van der Waals surface area contributed by atoms with E-state index in [2.05, 4.69) is 12.2 Å². The van der Waals surface area contributed by atoms with Gasteiger partial charge in [0.2, 0.25) is 11.8 Å². The van der Waals surface area contributed by atoms with E-state index in [1.54, 1.807) is 4.90 Å². The number of hydrogen-bond donors (Lipinski definition) is 1. The Hall–Kier alpha value is -1.06. The van der Waals surface area contributed by atoms with Crippen molar-refractivity contribution in [1.82, 2.24) is 10.2 Å². The van der Waals surface area contributed by atoms with Crippen LogP contribution in [0.15, 0.2) is 0 Å². The lowest BCUT2D eigenvalue weighted by Crippen LogP contribution is -2.65. The Morgan fingerprint density at radius 2 is 1.82 bits per heavy atom. The maximum Gasteiger partial charge on any atom is 0.246 e. The third-order valence-corrected chi connectivity index (χ3v) is 3.80. The minimum Gasteiger partial charge on any atom is -0.342 e. The van der Waals surface area contributed by atoms with Gasteiger partial charge in [-0.2, -0.15) is 0 Å². The van der Waals surface area contributed by atoms with Gasteiger partial charge in [-0.05, 0) is 24.2 Å². The molecule has 1 N–H and O–H groups in total. The fourth-order valence-electron chi connectivity index (χ4n) is 2.68. The monoisotopic (exact) mass is 238 g/mol. The van der Waals surface area contributed by atoms with Crippen LogP contribution in [0.5, 0.6) is 0 Å². The van der Waals surface area contributed by atoms with E-state index in [-0.39, 0.29) is 35.9 Å². The van der Waals surface area contributed by atoms with Crippen LogP contribution in [0, 0.1) is 11.3 Å². The summed E-state index contributed by atoms with van der Waals surface area (Å²) in [6.07, 6.45) is 2.08. The van der Waals surface area contributed by atoms with Gasteiger partial charge in [0.05, 0.1) is 6.54 Å². The molecule has 4 nitrogen and oxygen atoms in total. The highest BCUT2D eigenvalue weighted by atomic mass is 16.2. The van der Waals surface area contributed by atoms with E-state index in [1.807, 2.05) is 20.8 Å². The Morgan fingerprint density at radius 1 is 1.24 bits per heavy atom. The van der Waals surface area contributed by atoms with Gasteiger partial charge >= 0.3 is 0 Å².